The Labute approximate surface area is 90.6 Å². The van der Waals surface area contributed by atoms with Crippen molar-refractivity contribution in [3.05, 3.63) is 0 Å². The molecular formula is C11H20N2O2. The van der Waals surface area contributed by atoms with Crippen LogP contribution in [0.25, 0.3) is 0 Å². The monoisotopic (exact) mass is 212 g/mol. The highest BCUT2D eigenvalue weighted by molar-refractivity contribution is 5.67. The molecule has 1 saturated heterocycles. The molecule has 4 nitrogen and oxygen atoms in total. The zero-order valence-corrected chi connectivity index (χ0v) is 9.71. The van der Waals surface area contributed by atoms with Crippen molar-refractivity contribution >= 4 is 6.09 Å². The summed E-state index contributed by atoms with van der Waals surface area (Å²) in [5.74, 6) is 0. The lowest BCUT2D eigenvalue weighted by Crippen LogP contribution is -2.72. The van der Waals surface area contributed by atoms with Crippen LogP contribution in [-0.4, -0.2) is 40.8 Å². The Morgan fingerprint density at radius 2 is 2.07 bits per heavy atom. The van der Waals surface area contributed by atoms with Gasteiger partial charge in [-0.2, -0.15) is 0 Å². The average molecular weight is 212 g/mol. The van der Waals surface area contributed by atoms with E-state index in [9.17, 15) is 9.90 Å². The van der Waals surface area contributed by atoms with E-state index in [0.717, 1.165) is 19.5 Å². The molecule has 86 valence electrons. The van der Waals surface area contributed by atoms with Gasteiger partial charge in [0, 0.05) is 30.1 Å². The average Bonchev–Trinajstić information content (AvgIpc) is 1.91. The maximum Gasteiger partial charge on any atom is 0.408 e. The molecule has 1 heterocycles. The van der Waals surface area contributed by atoms with Crippen LogP contribution in [0.4, 0.5) is 4.79 Å². The second kappa shape index (κ2) is 3.11. The van der Waals surface area contributed by atoms with Crippen LogP contribution in [-0.2, 0) is 0 Å². The molecule has 2 rings (SSSR count). The summed E-state index contributed by atoms with van der Waals surface area (Å²) in [6.07, 6.45) is 1.41. The molecule has 1 atom stereocenters. The molecule has 1 saturated carbocycles. The summed E-state index contributed by atoms with van der Waals surface area (Å²) in [5.41, 5.74) is -0.0365. The van der Waals surface area contributed by atoms with E-state index in [4.69, 9.17) is 0 Å². The fourth-order valence-electron chi connectivity index (χ4n) is 2.83. The molecule has 1 unspecified atom stereocenters. The maximum absolute atomic E-state index is 11.3. The van der Waals surface area contributed by atoms with Gasteiger partial charge < -0.3 is 10.4 Å². The third-order valence-corrected chi connectivity index (χ3v) is 3.82. The van der Waals surface area contributed by atoms with E-state index in [-0.39, 0.29) is 17.0 Å². The van der Waals surface area contributed by atoms with Gasteiger partial charge in [-0.3, -0.25) is 4.90 Å². The quantitative estimate of drug-likeness (QED) is 0.693. The van der Waals surface area contributed by atoms with Gasteiger partial charge in [-0.1, -0.05) is 0 Å². The molecule has 0 radical (unpaired) electrons. The van der Waals surface area contributed by atoms with E-state index >= 15 is 0 Å². The summed E-state index contributed by atoms with van der Waals surface area (Å²) in [4.78, 5) is 13.0. The van der Waals surface area contributed by atoms with Gasteiger partial charge in [0.25, 0.3) is 0 Å². The van der Waals surface area contributed by atoms with Gasteiger partial charge in [-0.05, 0) is 33.6 Å². The molecule has 2 aliphatic rings. The van der Waals surface area contributed by atoms with Crippen molar-refractivity contribution in [3.63, 3.8) is 0 Å². The number of amides is 1. The first-order chi connectivity index (χ1) is 6.87. The Balaban J connectivity index is 2.16. The second-order valence-electron chi connectivity index (χ2n) is 5.84. The Hall–Kier alpha value is -0.770. The molecule has 1 aliphatic heterocycles. The summed E-state index contributed by atoms with van der Waals surface area (Å²) < 4.78 is 0. The van der Waals surface area contributed by atoms with Gasteiger partial charge in [-0.25, -0.2) is 4.79 Å². The minimum Gasteiger partial charge on any atom is -0.465 e. The molecule has 0 aromatic rings. The number of hydrogen-bond acceptors (Lipinski definition) is 2. The minimum atomic E-state index is -0.779. The summed E-state index contributed by atoms with van der Waals surface area (Å²) in [5, 5.41) is 12.6. The third kappa shape index (κ3) is 1.51. The molecule has 15 heavy (non-hydrogen) atoms. The molecule has 0 aromatic carbocycles. The van der Waals surface area contributed by atoms with Gasteiger partial charge >= 0.3 is 6.09 Å². The predicted octanol–water partition coefficient (Wildman–Crippen LogP) is 1.52. The molecule has 1 spiro atoms. The topological polar surface area (TPSA) is 52.6 Å². The van der Waals surface area contributed by atoms with Crippen molar-refractivity contribution in [2.45, 2.75) is 45.2 Å². The Morgan fingerprint density at radius 3 is 2.27 bits per heavy atom. The van der Waals surface area contributed by atoms with E-state index in [1.807, 2.05) is 20.8 Å². The van der Waals surface area contributed by atoms with Gasteiger partial charge in [-0.15, -0.1) is 0 Å². The van der Waals surface area contributed by atoms with Gasteiger partial charge in [0.2, 0.25) is 0 Å². The van der Waals surface area contributed by atoms with Crippen LogP contribution in [0.15, 0.2) is 0 Å². The van der Waals surface area contributed by atoms with Crippen molar-refractivity contribution in [2.75, 3.05) is 13.1 Å². The Bertz CT molecular complexity index is 273. The Kier molecular flexibility index (Phi) is 2.23. The van der Waals surface area contributed by atoms with Gasteiger partial charge in [0.05, 0.1) is 0 Å². The highest BCUT2D eigenvalue weighted by Crippen LogP contribution is 2.48. The van der Waals surface area contributed by atoms with Crippen LogP contribution in [0.2, 0.25) is 0 Å². The fourth-order valence-corrected chi connectivity index (χ4v) is 2.83. The summed E-state index contributed by atoms with van der Waals surface area (Å²) >= 11 is 0. The van der Waals surface area contributed by atoms with E-state index in [1.54, 1.807) is 4.90 Å². The van der Waals surface area contributed by atoms with Crippen molar-refractivity contribution in [2.24, 2.45) is 5.41 Å². The first-order valence-electron chi connectivity index (χ1n) is 5.60. The molecule has 1 amide bonds. The number of nitrogens with zero attached hydrogens (tertiary/aromatic N) is 1. The van der Waals surface area contributed by atoms with E-state index in [2.05, 4.69) is 5.32 Å². The van der Waals surface area contributed by atoms with Crippen LogP contribution in [0.1, 0.15) is 33.6 Å². The van der Waals surface area contributed by atoms with Gasteiger partial charge in [0.15, 0.2) is 0 Å². The van der Waals surface area contributed by atoms with E-state index < -0.39 is 6.09 Å². The summed E-state index contributed by atoms with van der Waals surface area (Å²) in [6.45, 7) is 7.88. The maximum atomic E-state index is 11.3. The smallest absolute Gasteiger partial charge is 0.408 e. The summed E-state index contributed by atoms with van der Waals surface area (Å²) in [6, 6.07) is 0.219. The van der Waals surface area contributed by atoms with Crippen LogP contribution in [0.5, 0.6) is 0 Å². The lowest BCUT2D eigenvalue weighted by atomic mass is 9.59. The number of carbonyl (C=O) groups is 1. The molecule has 1 aliphatic carbocycles. The van der Waals surface area contributed by atoms with Crippen molar-refractivity contribution in [1.29, 1.82) is 0 Å². The van der Waals surface area contributed by atoms with E-state index in [0.29, 0.717) is 0 Å². The highest BCUT2D eigenvalue weighted by Gasteiger charge is 2.56. The zero-order valence-electron chi connectivity index (χ0n) is 9.71. The standard InChI is InChI=1S/C11H20N2O2/c1-10(2,3)13(9(14)15)8-4-5-11(8)6-12-7-11/h8,12H,4-7H2,1-3H3,(H,14,15). The lowest BCUT2D eigenvalue weighted by molar-refractivity contribution is -0.0815. The van der Waals surface area contributed by atoms with Gasteiger partial charge in [0.1, 0.15) is 0 Å². The molecule has 2 fully saturated rings. The van der Waals surface area contributed by atoms with E-state index in [1.165, 1.54) is 6.42 Å². The van der Waals surface area contributed by atoms with Crippen molar-refractivity contribution < 1.29 is 9.90 Å². The largest absolute Gasteiger partial charge is 0.465 e. The van der Waals surface area contributed by atoms with Crippen LogP contribution >= 0.6 is 0 Å². The summed E-state index contributed by atoms with van der Waals surface area (Å²) in [7, 11) is 0. The van der Waals surface area contributed by atoms with Crippen molar-refractivity contribution in [1.82, 2.24) is 10.2 Å². The molecule has 2 N–H and O–H groups in total. The lowest BCUT2D eigenvalue weighted by Gasteiger charge is -2.61. The number of nitrogens with one attached hydrogen (secondary N) is 1. The fraction of sp³-hybridized carbons (Fsp3) is 0.909. The van der Waals surface area contributed by atoms with Crippen LogP contribution in [0.3, 0.4) is 0 Å². The Morgan fingerprint density at radius 1 is 1.47 bits per heavy atom. The molecule has 4 heteroatoms. The first-order valence-corrected chi connectivity index (χ1v) is 5.60. The number of hydrogen-bond donors (Lipinski definition) is 2. The number of rotatable bonds is 1. The first kappa shape index (κ1) is 10.7. The number of carboxylic acid groups (broad SMARTS) is 1. The molecule has 0 aromatic heterocycles. The van der Waals surface area contributed by atoms with Crippen molar-refractivity contribution in [3.8, 4) is 0 Å². The zero-order chi connectivity index (χ0) is 11.3. The normalized spacial score (nSPS) is 28.1. The predicted molar refractivity (Wildman–Crippen MR) is 57.9 cm³/mol. The molecule has 0 bridgehead atoms. The van der Waals surface area contributed by atoms with Crippen LogP contribution < -0.4 is 5.32 Å². The van der Waals surface area contributed by atoms with Crippen LogP contribution in [0, 0.1) is 5.41 Å². The molecular weight excluding hydrogens is 192 g/mol. The SMILES string of the molecule is CC(C)(C)N(C(=O)O)C1CCC12CNC2. The third-order valence-electron chi connectivity index (χ3n) is 3.82. The minimum absolute atomic E-state index is 0.219. The highest BCUT2D eigenvalue weighted by atomic mass is 16.4. The second-order valence-corrected chi connectivity index (χ2v) is 5.84.